The van der Waals surface area contributed by atoms with Crippen LogP contribution in [0.5, 0.6) is 5.75 Å². The fourth-order valence-electron chi connectivity index (χ4n) is 8.46. The number of hydrogen-bond donors (Lipinski definition) is 4. The number of carbonyl (C=O) groups is 4. The minimum Gasteiger partial charge on any atom is -0.489 e. The first-order valence-corrected chi connectivity index (χ1v) is 20.2. The molecule has 3 aromatic carbocycles. The molecule has 5 amide bonds. The van der Waals surface area contributed by atoms with Gasteiger partial charge in [0, 0.05) is 105 Å². The summed E-state index contributed by atoms with van der Waals surface area (Å²) in [4.78, 5) is 55.8. The van der Waals surface area contributed by atoms with E-state index >= 15 is 0 Å². The van der Waals surface area contributed by atoms with E-state index in [4.69, 9.17) is 21.1 Å². The summed E-state index contributed by atoms with van der Waals surface area (Å²) in [6.45, 7) is 15.3. The fourth-order valence-corrected chi connectivity index (χ4v) is 8.68. The lowest BCUT2D eigenvalue weighted by Crippen LogP contribution is -2.74. The highest BCUT2D eigenvalue weighted by atomic mass is 35.5. The summed E-state index contributed by atoms with van der Waals surface area (Å²) < 4.78 is 12.3. The number of piperazine rings is 1. The first-order chi connectivity index (χ1) is 27.8. The van der Waals surface area contributed by atoms with E-state index in [9.17, 15) is 24.4 Å². The molecule has 2 heterocycles. The van der Waals surface area contributed by atoms with Crippen molar-refractivity contribution in [2.75, 3.05) is 82.3 Å². The van der Waals surface area contributed by atoms with Crippen LogP contribution in [0.15, 0.2) is 66.7 Å². The van der Waals surface area contributed by atoms with Gasteiger partial charge in [-0.2, -0.15) is 5.26 Å². The Morgan fingerprint density at radius 2 is 1.62 bits per heavy atom. The van der Waals surface area contributed by atoms with Gasteiger partial charge in [-0.25, -0.2) is 4.79 Å². The monoisotopic (exact) mass is 812 g/mol. The van der Waals surface area contributed by atoms with Crippen molar-refractivity contribution >= 4 is 46.7 Å². The second-order valence-electron chi connectivity index (χ2n) is 16.1. The van der Waals surface area contributed by atoms with E-state index in [1.807, 2.05) is 36.4 Å². The number of nitriles is 1. The molecule has 0 spiro atoms. The number of ether oxygens (including phenoxy) is 2. The minimum atomic E-state index is -0.435. The molecule has 0 aromatic heterocycles. The van der Waals surface area contributed by atoms with E-state index in [0.717, 1.165) is 38.4 Å². The smallest absolute Gasteiger partial charge is 0.324 e. The highest BCUT2D eigenvalue weighted by Crippen LogP contribution is 2.55. The number of carbonyl (C=O) groups excluding carboxylic acids is 4. The number of hydrogen-bond acceptors (Lipinski definition) is 10. The Balaban J connectivity index is 0.872. The van der Waals surface area contributed by atoms with Crippen molar-refractivity contribution in [1.29, 1.82) is 5.26 Å². The van der Waals surface area contributed by atoms with Gasteiger partial charge in [0.1, 0.15) is 17.9 Å². The van der Waals surface area contributed by atoms with Crippen LogP contribution in [-0.4, -0.2) is 118 Å². The number of benzene rings is 3. The highest BCUT2D eigenvalue weighted by Gasteiger charge is 2.64. The molecular formula is C43H53ClN8O6. The van der Waals surface area contributed by atoms with Gasteiger partial charge >= 0.3 is 6.03 Å². The molecule has 2 saturated heterocycles. The molecule has 0 unspecified atom stereocenters. The third-order valence-electron chi connectivity index (χ3n) is 11.4. The molecule has 308 valence electrons. The topological polar surface area (TPSA) is 168 Å². The van der Waals surface area contributed by atoms with Gasteiger partial charge in [-0.05, 0) is 48.5 Å². The molecule has 6 rings (SSSR count). The number of nitrogens with zero attached hydrogens (tertiary/aromatic N) is 4. The van der Waals surface area contributed by atoms with Crippen molar-refractivity contribution in [3.63, 3.8) is 0 Å². The number of halogens is 1. The summed E-state index contributed by atoms with van der Waals surface area (Å²) in [5.74, 6) is -0.0545. The summed E-state index contributed by atoms with van der Waals surface area (Å²) in [5, 5.41) is 21.3. The van der Waals surface area contributed by atoms with Gasteiger partial charge in [-0.1, -0.05) is 51.4 Å². The molecule has 2 aliphatic heterocycles. The van der Waals surface area contributed by atoms with Crippen molar-refractivity contribution in [2.45, 2.75) is 46.3 Å². The largest absolute Gasteiger partial charge is 0.489 e. The lowest BCUT2D eigenvalue weighted by Gasteiger charge is -2.63. The number of nitrogens with one attached hydrogen (secondary N) is 4. The maximum absolute atomic E-state index is 13.4. The number of amides is 5. The zero-order chi connectivity index (χ0) is 41.5. The minimum absolute atomic E-state index is 0.121. The van der Waals surface area contributed by atoms with Crippen LogP contribution in [0.25, 0.3) is 0 Å². The lowest BCUT2D eigenvalue weighted by molar-refractivity contribution is -0.164. The predicted octanol–water partition coefficient (Wildman–Crippen LogP) is 4.75. The molecule has 1 saturated carbocycles. The van der Waals surface area contributed by atoms with Crippen LogP contribution >= 0.6 is 11.6 Å². The van der Waals surface area contributed by atoms with Crippen molar-refractivity contribution in [3.05, 3.63) is 88.4 Å². The van der Waals surface area contributed by atoms with E-state index in [0.29, 0.717) is 66.0 Å². The Morgan fingerprint density at radius 3 is 2.31 bits per heavy atom. The van der Waals surface area contributed by atoms with Crippen LogP contribution in [0.3, 0.4) is 0 Å². The summed E-state index contributed by atoms with van der Waals surface area (Å²) in [7, 11) is 0. The summed E-state index contributed by atoms with van der Waals surface area (Å²) >= 11 is 6.24. The van der Waals surface area contributed by atoms with Gasteiger partial charge in [0.2, 0.25) is 5.91 Å². The molecule has 0 radical (unpaired) electrons. The number of imide groups is 1. The number of para-hydroxylation sites is 1. The maximum Gasteiger partial charge on any atom is 0.324 e. The normalized spacial score (nSPS) is 20.0. The van der Waals surface area contributed by atoms with Gasteiger partial charge in [0.25, 0.3) is 11.8 Å². The van der Waals surface area contributed by atoms with Crippen LogP contribution in [-0.2, 0) is 9.53 Å². The molecule has 0 bridgehead atoms. The molecule has 1 aliphatic carbocycles. The molecule has 15 heteroatoms. The second-order valence-corrected chi connectivity index (χ2v) is 16.5. The predicted molar refractivity (Wildman–Crippen MR) is 222 cm³/mol. The summed E-state index contributed by atoms with van der Waals surface area (Å²) in [6, 6.07) is 21.6. The summed E-state index contributed by atoms with van der Waals surface area (Å²) in [5.41, 5.74) is 2.59. The summed E-state index contributed by atoms with van der Waals surface area (Å²) in [6.07, 6.45) is 0.0742. The van der Waals surface area contributed by atoms with E-state index < -0.39 is 6.03 Å². The van der Waals surface area contributed by atoms with Crippen molar-refractivity contribution < 1.29 is 28.7 Å². The lowest BCUT2D eigenvalue weighted by atomic mass is 9.49. The van der Waals surface area contributed by atoms with Crippen LogP contribution in [0.2, 0.25) is 5.02 Å². The second kappa shape index (κ2) is 18.5. The van der Waals surface area contributed by atoms with Crippen molar-refractivity contribution in [1.82, 2.24) is 25.8 Å². The van der Waals surface area contributed by atoms with E-state index in [-0.39, 0.29) is 53.7 Å². The molecule has 0 atom stereocenters. The standard InChI is InChI=1S/C43H53ClN8O6/c1-42(2)39(43(3,4)40(42)58-32-14-11-30(28-45)34(44)27-32)49-37(54)29-9-12-31(13-10-29)51-22-20-50(21-23-51)24-26-57-25-17-46-35-8-6-5-7-33(35)38(55)47-16-19-52-18-15-36(53)48-41(52)56/h5-14,27,39-40,46H,15-26H2,1-4H3,(H,47,55)(H,49,54)(H,48,53,56). The van der Waals surface area contributed by atoms with Crippen molar-refractivity contribution in [2.24, 2.45) is 10.8 Å². The molecule has 3 fully saturated rings. The average molecular weight is 813 g/mol. The van der Waals surface area contributed by atoms with Gasteiger partial charge in [-0.15, -0.1) is 0 Å². The Kier molecular flexibility index (Phi) is 13.5. The third kappa shape index (κ3) is 9.83. The van der Waals surface area contributed by atoms with Gasteiger partial charge in [0.15, 0.2) is 0 Å². The van der Waals surface area contributed by atoms with Gasteiger partial charge in [-0.3, -0.25) is 24.6 Å². The highest BCUT2D eigenvalue weighted by molar-refractivity contribution is 6.31. The first-order valence-electron chi connectivity index (χ1n) is 19.8. The Morgan fingerprint density at radius 1 is 0.897 bits per heavy atom. The van der Waals surface area contributed by atoms with Crippen LogP contribution < -0.4 is 30.9 Å². The van der Waals surface area contributed by atoms with E-state index in [2.05, 4.69) is 64.8 Å². The zero-order valence-corrected chi connectivity index (χ0v) is 34.4. The zero-order valence-electron chi connectivity index (χ0n) is 33.6. The first kappa shape index (κ1) is 42.3. The molecule has 14 nitrogen and oxygen atoms in total. The maximum atomic E-state index is 13.4. The van der Waals surface area contributed by atoms with E-state index in [1.54, 1.807) is 30.3 Å². The Hall–Kier alpha value is -5.36. The number of rotatable bonds is 16. The molecular weight excluding hydrogens is 760 g/mol. The van der Waals surface area contributed by atoms with Crippen LogP contribution in [0.4, 0.5) is 16.2 Å². The number of urea groups is 1. The SMILES string of the molecule is CC1(C)C(NC(=O)c2ccc(N3CCN(CCOCCNc4ccccc4C(=O)NCCN4CCC(=O)NC4=O)CC3)cc2)C(C)(C)C1Oc1ccc(C#N)c(Cl)c1. The van der Waals surface area contributed by atoms with Gasteiger partial charge < -0.3 is 35.2 Å². The molecule has 4 N–H and O–H groups in total. The quantitative estimate of drug-likeness (QED) is 0.148. The molecule has 58 heavy (non-hydrogen) atoms. The third-order valence-corrected chi connectivity index (χ3v) is 11.7. The van der Waals surface area contributed by atoms with Crippen molar-refractivity contribution in [3.8, 4) is 11.8 Å². The van der Waals surface area contributed by atoms with Crippen LogP contribution in [0.1, 0.15) is 60.4 Å². The van der Waals surface area contributed by atoms with Crippen LogP contribution in [0, 0.1) is 22.2 Å². The molecule has 3 aliphatic rings. The number of anilines is 2. The molecule has 3 aromatic rings. The Labute approximate surface area is 345 Å². The van der Waals surface area contributed by atoms with E-state index in [1.165, 1.54) is 4.90 Å². The fraction of sp³-hybridized carbons (Fsp3) is 0.465. The van der Waals surface area contributed by atoms with Gasteiger partial charge in [0.05, 0.1) is 29.4 Å². The average Bonchev–Trinajstić information content (AvgIpc) is 3.21. The Bertz CT molecular complexity index is 1990.